The van der Waals surface area contributed by atoms with Gasteiger partial charge in [0.05, 0.1) is 5.41 Å². The quantitative estimate of drug-likeness (QED) is 0.848. The monoisotopic (exact) mass is 241 g/mol. The van der Waals surface area contributed by atoms with Crippen LogP contribution in [0.4, 0.5) is 0 Å². The lowest BCUT2D eigenvalue weighted by Crippen LogP contribution is -2.42. The highest BCUT2D eigenvalue weighted by Crippen LogP contribution is 2.51. The lowest BCUT2D eigenvalue weighted by molar-refractivity contribution is -0.130. The standard InChI is InChI=1S/C16H19NO/c17-15(18)16(10-4-1-5-11-16)14-9-8-12-6-2-3-7-13(12)14/h2-3,6-9,14H,1,4-5,10-11H2,(H2,17,18). The second kappa shape index (κ2) is 4.27. The van der Waals surface area contributed by atoms with Crippen LogP contribution < -0.4 is 5.73 Å². The molecule has 0 saturated heterocycles. The van der Waals surface area contributed by atoms with Crippen LogP contribution in [0.2, 0.25) is 0 Å². The fourth-order valence-corrected chi connectivity index (χ4v) is 3.62. The van der Waals surface area contributed by atoms with Gasteiger partial charge >= 0.3 is 0 Å². The molecule has 1 saturated carbocycles. The first-order chi connectivity index (χ1) is 8.74. The van der Waals surface area contributed by atoms with Gasteiger partial charge in [-0.2, -0.15) is 0 Å². The Labute approximate surface area is 108 Å². The van der Waals surface area contributed by atoms with E-state index in [1.807, 2.05) is 6.07 Å². The average molecular weight is 241 g/mol. The Kier molecular flexibility index (Phi) is 2.73. The van der Waals surface area contributed by atoms with E-state index in [0.717, 1.165) is 25.7 Å². The normalized spacial score (nSPS) is 24.8. The Morgan fingerprint density at radius 3 is 2.61 bits per heavy atom. The van der Waals surface area contributed by atoms with Crippen LogP contribution in [0.3, 0.4) is 0 Å². The molecule has 2 heteroatoms. The fourth-order valence-electron chi connectivity index (χ4n) is 3.62. The van der Waals surface area contributed by atoms with Crippen molar-refractivity contribution < 1.29 is 4.79 Å². The highest BCUT2D eigenvalue weighted by Gasteiger charge is 2.45. The molecule has 2 N–H and O–H groups in total. The van der Waals surface area contributed by atoms with Gasteiger partial charge in [0.15, 0.2) is 0 Å². The molecule has 2 aliphatic carbocycles. The maximum Gasteiger partial charge on any atom is 0.224 e. The van der Waals surface area contributed by atoms with E-state index < -0.39 is 0 Å². The molecule has 3 rings (SSSR count). The van der Waals surface area contributed by atoms with Gasteiger partial charge in [0, 0.05) is 5.92 Å². The molecule has 18 heavy (non-hydrogen) atoms. The number of benzene rings is 1. The van der Waals surface area contributed by atoms with Crippen LogP contribution in [0.15, 0.2) is 30.3 Å². The molecule has 0 aromatic heterocycles. The van der Waals surface area contributed by atoms with Crippen LogP contribution in [0.25, 0.3) is 6.08 Å². The molecule has 0 bridgehead atoms. The number of hydrogen-bond donors (Lipinski definition) is 1. The molecule has 1 fully saturated rings. The number of amides is 1. The Bertz CT molecular complexity index is 498. The number of carbonyl (C=O) groups excluding carboxylic acids is 1. The topological polar surface area (TPSA) is 43.1 Å². The molecule has 1 atom stereocenters. The summed E-state index contributed by atoms with van der Waals surface area (Å²) in [5.41, 5.74) is 7.94. The molecule has 0 radical (unpaired) electrons. The maximum absolute atomic E-state index is 12.1. The van der Waals surface area contributed by atoms with Crippen molar-refractivity contribution in [3.05, 3.63) is 41.5 Å². The second-order valence-corrected chi connectivity index (χ2v) is 5.55. The molecule has 1 aromatic rings. The highest BCUT2D eigenvalue weighted by molar-refractivity contribution is 5.84. The zero-order chi connectivity index (χ0) is 12.6. The Hall–Kier alpha value is -1.57. The third-order valence-electron chi connectivity index (χ3n) is 4.63. The number of carbonyl (C=O) groups is 1. The summed E-state index contributed by atoms with van der Waals surface area (Å²) < 4.78 is 0. The minimum absolute atomic E-state index is 0.117. The summed E-state index contributed by atoms with van der Waals surface area (Å²) in [5, 5.41) is 0. The smallest absolute Gasteiger partial charge is 0.224 e. The summed E-state index contributed by atoms with van der Waals surface area (Å²) in [6.07, 6.45) is 9.66. The van der Waals surface area contributed by atoms with Gasteiger partial charge in [0.2, 0.25) is 5.91 Å². The van der Waals surface area contributed by atoms with E-state index in [9.17, 15) is 4.79 Å². The number of nitrogens with two attached hydrogens (primary N) is 1. The molecule has 0 spiro atoms. The van der Waals surface area contributed by atoms with Gasteiger partial charge in [-0.15, -0.1) is 0 Å². The summed E-state index contributed by atoms with van der Waals surface area (Å²) in [6.45, 7) is 0. The zero-order valence-electron chi connectivity index (χ0n) is 10.6. The molecule has 1 amide bonds. The molecule has 1 aromatic carbocycles. The summed E-state index contributed by atoms with van der Waals surface area (Å²) in [4.78, 5) is 12.1. The largest absolute Gasteiger partial charge is 0.369 e. The average Bonchev–Trinajstić information content (AvgIpc) is 2.83. The molecule has 0 aliphatic heterocycles. The van der Waals surface area contributed by atoms with Gasteiger partial charge < -0.3 is 5.73 Å². The first kappa shape index (κ1) is 11.5. The van der Waals surface area contributed by atoms with Crippen molar-refractivity contribution in [2.45, 2.75) is 38.0 Å². The van der Waals surface area contributed by atoms with E-state index in [2.05, 4.69) is 30.4 Å². The Morgan fingerprint density at radius 2 is 1.89 bits per heavy atom. The fraction of sp³-hybridized carbons (Fsp3) is 0.438. The van der Waals surface area contributed by atoms with Crippen molar-refractivity contribution in [1.82, 2.24) is 0 Å². The van der Waals surface area contributed by atoms with Crippen molar-refractivity contribution >= 4 is 12.0 Å². The second-order valence-electron chi connectivity index (χ2n) is 5.55. The van der Waals surface area contributed by atoms with Crippen molar-refractivity contribution in [2.75, 3.05) is 0 Å². The minimum atomic E-state index is -0.346. The van der Waals surface area contributed by atoms with Crippen LogP contribution in [-0.2, 0) is 4.79 Å². The van der Waals surface area contributed by atoms with Crippen molar-refractivity contribution in [2.24, 2.45) is 11.1 Å². The molecule has 1 unspecified atom stereocenters. The first-order valence-corrected chi connectivity index (χ1v) is 6.81. The van der Waals surface area contributed by atoms with Crippen molar-refractivity contribution in [3.8, 4) is 0 Å². The molecule has 94 valence electrons. The van der Waals surface area contributed by atoms with Crippen molar-refractivity contribution in [1.29, 1.82) is 0 Å². The van der Waals surface area contributed by atoms with Crippen LogP contribution in [0.5, 0.6) is 0 Å². The van der Waals surface area contributed by atoms with Crippen LogP contribution >= 0.6 is 0 Å². The van der Waals surface area contributed by atoms with E-state index in [-0.39, 0.29) is 17.2 Å². The third-order valence-corrected chi connectivity index (χ3v) is 4.63. The van der Waals surface area contributed by atoms with E-state index in [1.54, 1.807) is 0 Å². The summed E-state index contributed by atoms with van der Waals surface area (Å²) in [7, 11) is 0. The summed E-state index contributed by atoms with van der Waals surface area (Å²) in [5.74, 6) is 0.0695. The Morgan fingerprint density at radius 1 is 1.17 bits per heavy atom. The van der Waals surface area contributed by atoms with Crippen LogP contribution in [-0.4, -0.2) is 5.91 Å². The number of hydrogen-bond acceptors (Lipinski definition) is 1. The van der Waals surface area contributed by atoms with Gasteiger partial charge in [-0.1, -0.05) is 55.7 Å². The number of rotatable bonds is 2. The molecule has 0 heterocycles. The van der Waals surface area contributed by atoms with Crippen LogP contribution in [0, 0.1) is 5.41 Å². The predicted molar refractivity (Wildman–Crippen MR) is 72.9 cm³/mol. The lowest BCUT2D eigenvalue weighted by atomic mass is 9.64. The summed E-state index contributed by atoms with van der Waals surface area (Å²) >= 11 is 0. The molecular weight excluding hydrogens is 222 g/mol. The number of allylic oxidation sites excluding steroid dienone is 1. The maximum atomic E-state index is 12.1. The lowest BCUT2D eigenvalue weighted by Gasteiger charge is -2.39. The predicted octanol–water partition coefficient (Wildman–Crippen LogP) is 3.23. The zero-order valence-corrected chi connectivity index (χ0v) is 10.6. The van der Waals surface area contributed by atoms with Gasteiger partial charge in [0.1, 0.15) is 0 Å². The highest BCUT2D eigenvalue weighted by atomic mass is 16.1. The minimum Gasteiger partial charge on any atom is -0.369 e. The van der Waals surface area contributed by atoms with E-state index in [0.29, 0.717) is 0 Å². The SMILES string of the molecule is NC(=O)C1(C2C=Cc3ccccc32)CCCCC1. The van der Waals surface area contributed by atoms with Gasteiger partial charge in [-0.3, -0.25) is 4.79 Å². The summed E-state index contributed by atoms with van der Waals surface area (Å²) in [6, 6.07) is 8.35. The van der Waals surface area contributed by atoms with Gasteiger partial charge in [0.25, 0.3) is 0 Å². The van der Waals surface area contributed by atoms with Gasteiger partial charge in [-0.25, -0.2) is 0 Å². The van der Waals surface area contributed by atoms with E-state index in [4.69, 9.17) is 5.73 Å². The molecule has 2 nitrogen and oxygen atoms in total. The molecule has 2 aliphatic rings. The third kappa shape index (κ3) is 1.59. The Balaban J connectivity index is 2.03. The number of primary amides is 1. The van der Waals surface area contributed by atoms with E-state index in [1.165, 1.54) is 17.5 Å². The first-order valence-electron chi connectivity index (χ1n) is 6.81. The van der Waals surface area contributed by atoms with Gasteiger partial charge in [-0.05, 0) is 24.0 Å². The molecular formula is C16H19NO. The number of fused-ring (bicyclic) bond motifs is 1. The van der Waals surface area contributed by atoms with E-state index >= 15 is 0 Å². The van der Waals surface area contributed by atoms with Crippen LogP contribution in [0.1, 0.15) is 49.1 Å². The van der Waals surface area contributed by atoms with Crippen molar-refractivity contribution in [3.63, 3.8) is 0 Å².